The second-order valence-electron chi connectivity index (χ2n) is 5.65. The molecule has 114 valence electrons. The van der Waals surface area contributed by atoms with Crippen molar-refractivity contribution in [3.8, 4) is 0 Å². The first-order valence-corrected chi connectivity index (χ1v) is 8.89. The van der Waals surface area contributed by atoms with Crippen molar-refractivity contribution < 1.29 is 5.11 Å². The van der Waals surface area contributed by atoms with Gasteiger partial charge in [0.05, 0.1) is 5.25 Å². The summed E-state index contributed by atoms with van der Waals surface area (Å²) < 4.78 is 0. The molecule has 3 rings (SSSR count). The zero-order valence-electron chi connectivity index (χ0n) is 12.3. The van der Waals surface area contributed by atoms with Crippen LogP contribution in [-0.2, 0) is 5.72 Å². The van der Waals surface area contributed by atoms with E-state index in [1.165, 1.54) is 0 Å². The number of fused-ring (bicyclic) bond motifs is 1. The molecule has 1 saturated heterocycles. The minimum Gasteiger partial charge on any atom is -0.366 e. The van der Waals surface area contributed by atoms with Crippen LogP contribution < -0.4 is 0 Å². The highest BCUT2D eigenvalue weighted by Crippen LogP contribution is 2.48. The summed E-state index contributed by atoms with van der Waals surface area (Å²) in [6, 6.07) is 7.60. The molecule has 1 aromatic carbocycles. The van der Waals surface area contributed by atoms with E-state index in [0.717, 1.165) is 49.5 Å². The van der Waals surface area contributed by atoms with Crippen LogP contribution in [0.15, 0.2) is 29.3 Å². The monoisotopic (exact) mass is 324 g/mol. The van der Waals surface area contributed by atoms with Gasteiger partial charge in [0.25, 0.3) is 0 Å². The molecule has 5 heteroatoms. The Morgan fingerprint density at radius 3 is 2.90 bits per heavy atom. The molecule has 2 aliphatic heterocycles. The molecule has 2 heterocycles. The van der Waals surface area contributed by atoms with Gasteiger partial charge in [0, 0.05) is 23.7 Å². The van der Waals surface area contributed by atoms with Gasteiger partial charge < -0.3 is 10.0 Å². The van der Waals surface area contributed by atoms with Crippen molar-refractivity contribution in [2.45, 2.75) is 43.6 Å². The first-order valence-electron chi connectivity index (χ1n) is 7.63. The Morgan fingerprint density at radius 1 is 1.43 bits per heavy atom. The predicted octanol–water partition coefficient (Wildman–Crippen LogP) is 3.85. The summed E-state index contributed by atoms with van der Waals surface area (Å²) in [4.78, 5) is 6.70. The molecule has 1 fully saturated rings. The summed E-state index contributed by atoms with van der Waals surface area (Å²) in [5.41, 5.74) is -0.0310. The average Bonchev–Trinajstić information content (AvgIpc) is 2.80. The van der Waals surface area contributed by atoms with E-state index >= 15 is 0 Å². The zero-order valence-corrected chi connectivity index (χ0v) is 13.8. The molecule has 0 aromatic heterocycles. The number of hydrogen-bond donors (Lipinski definition) is 1. The molecule has 0 unspecified atom stereocenters. The summed E-state index contributed by atoms with van der Waals surface area (Å²) in [6.07, 6.45) is 4.26. The normalized spacial score (nSPS) is 28.4. The Morgan fingerprint density at radius 2 is 2.19 bits per heavy atom. The summed E-state index contributed by atoms with van der Waals surface area (Å²) >= 11 is 7.73. The molecule has 0 spiro atoms. The third-order valence-corrected chi connectivity index (χ3v) is 5.88. The fraction of sp³-hybridized carbons (Fsp3) is 0.562. The second kappa shape index (κ2) is 6.19. The van der Waals surface area contributed by atoms with E-state index in [1.807, 2.05) is 24.3 Å². The maximum Gasteiger partial charge on any atom is 0.178 e. The number of benzene rings is 1. The minimum absolute atomic E-state index is 0.135. The van der Waals surface area contributed by atoms with E-state index in [-0.39, 0.29) is 5.25 Å². The van der Waals surface area contributed by atoms with Crippen molar-refractivity contribution in [2.75, 3.05) is 13.1 Å². The van der Waals surface area contributed by atoms with E-state index in [0.29, 0.717) is 5.02 Å². The van der Waals surface area contributed by atoms with E-state index in [1.54, 1.807) is 11.8 Å². The highest BCUT2D eigenvalue weighted by Gasteiger charge is 2.52. The highest BCUT2D eigenvalue weighted by atomic mass is 35.5. The lowest BCUT2D eigenvalue weighted by Crippen LogP contribution is -2.50. The average molecular weight is 325 g/mol. The minimum atomic E-state index is -0.955. The van der Waals surface area contributed by atoms with Gasteiger partial charge in [0.2, 0.25) is 0 Å². The molecule has 3 nitrogen and oxygen atoms in total. The number of unbranched alkanes of at least 4 members (excludes halogenated alkanes) is 1. The molecular weight excluding hydrogens is 304 g/mol. The molecule has 0 bridgehead atoms. The fourth-order valence-corrected chi connectivity index (χ4v) is 4.69. The van der Waals surface area contributed by atoms with Crippen LogP contribution in [0.2, 0.25) is 5.02 Å². The van der Waals surface area contributed by atoms with Gasteiger partial charge >= 0.3 is 0 Å². The van der Waals surface area contributed by atoms with Crippen LogP contribution in [0.3, 0.4) is 0 Å². The molecular formula is C16H21ClN2OS. The Balaban J connectivity index is 1.98. The third kappa shape index (κ3) is 2.69. The molecule has 2 atom stereocenters. The quantitative estimate of drug-likeness (QED) is 0.913. The number of thioether (sulfide) groups is 1. The van der Waals surface area contributed by atoms with Crippen LogP contribution in [0.1, 0.15) is 38.2 Å². The van der Waals surface area contributed by atoms with Gasteiger partial charge in [-0.1, -0.05) is 55.3 Å². The van der Waals surface area contributed by atoms with Gasteiger partial charge in [-0.05, 0) is 25.0 Å². The summed E-state index contributed by atoms with van der Waals surface area (Å²) in [5, 5.41) is 13.4. The molecule has 2 aliphatic rings. The maximum atomic E-state index is 11.5. The number of amidine groups is 1. The summed E-state index contributed by atoms with van der Waals surface area (Å²) in [5.74, 6) is 0. The van der Waals surface area contributed by atoms with Gasteiger partial charge in [0.1, 0.15) is 0 Å². The zero-order chi connectivity index (χ0) is 14.9. The lowest BCUT2D eigenvalue weighted by Gasteiger charge is -2.39. The third-order valence-electron chi connectivity index (χ3n) is 4.21. The number of nitrogens with zero attached hydrogens (tertiary/aromatic N) is 2. The van der Waals surface area contributed by atoms with E-state index in [4.69, 9.17) is 11.6 Å². The Hall–Kier alpha value is -0.710. The number of rotatable bonds is 4. The highest BCUT2D eigenvalue weighted by molar-refractivity contribution is 8.14. The van der Waals surface area contributed by atoms with Crippen LogP contribution in [0, 0.1) is 0 Å². The van der Waals surface area contributed by atoms with Gasteiger partial charge in [0.15, 0.2) is 10.9 Å². The van der Waals surface area contributed by atoms with Crippen LogP contribution in [0.4, 0.5) is 0 Å². The van der Waals surface area contributed by atoms with Crippen LogP contribution >= 0.6 is 23.4 Å². The smallest absolute Gasteiger partial charge is 0.178 e. The van der Waals surface area contributed by atoms with Crippen molar-refractivity contribution >= 4 is 28.5 Å². The number of aliphatic hydroxyl groups is 1. The first-order chi connectivity index (χ1) is 10.2. The molecule has 0 radical (unpaired) electrons. The van der Waals surface area contributed by atoms with Crippen LogP contribution in [0.5, 0.6) is 0 Å². The number of hydrogen-bond acceptors (Lipinski definition) is 4. The molecule has 1 aromatic rings. The Bertz CT molecular complexity index is 534. The van der Waals surface area contributed by atoms with Gasteiger partial charge in [-0.25, -0.2) is 0 Å². The Kier molecular flexibility index (Phi) is 4.48. The standard InChI is InChI=1S/C16H21ClN2OS/c1-2-3-5-14-16(20,12-6-8-13(17)9-7-12)19-11-4-10-18-15(19)21-14/h6-9,14,20H,2-5,10-11H2,1H3/t14-,16+/m1/s1. The van der Waals surface area contributed by atoms with Crippen molar-refractivity contribution in [1.82, 2.24) is 4.90 Å². The van der Waals surface area contributed by atoms with Crippen molar-refractivity contribution in [3.05, 3.63) is 34.9 Å². The molecule has 0 amide bonds. The first kappa shape index (κ1) is 15.2. The van der Waals surface area contributed by atoms with Crippen LogP contribution in [-0.4, -0.2) is 33.5 Å². The molecule has 21 heavy (non-hydrogen) atoms. The molecule has 0 aliphatic carbocycles. The summed E-state index contributed by atoms with van der Waals surface area (Å²) in [7, 11) is 0. The number of aliphatic imine (C=N–C) groups is 1. The van der Waals surface area contributed by atoms with E-state index in [2.05, 4.69) is 16.8 Å². The van der Waals surface area contributed by atoms with Crippen molar-refractivity contribution in [2.24, 2.45) is 4.99 Å². The van der Waals surface area contributed by atoms with Crippen molar-refractivity contribution in [1.29, 1.82) is 0 Å². The van der Waals surface area contributed by atoms with Gasteiger partial charge in [-0.2, -0.15) is 0 Å². The number of halogens is 1. The lowest BCUT2D eigenvalue weighted by atomic mass is 9.94. The second-order valence-corrected chi connectivity index (χ2v) is 7.26. The van der Waals surface area contributed by atoms with Crippen molar-refractivity contribution in [3.63, 3.8) is 0 Å². The molecule has 1 N–H and O–H groups in total. The maximum absolute atomic E-state index is 11.5. The van der Waals surface area contributed by atoms with Gasteiger partial charge in [-0.3, -0.25) is 4.99 Å². The molecule has 0 saturated carbocycles. The SMILES string of the molecule is CCCC[C@H]1SC2=NCCCN2[C@]1(O)c1ccc(Cl)cc1. The fourth-order valence-electron chi connectivity index (χ4n) is 3.07. The summed E-state index contributed by atoms with van der Waals surface area (Å²) in [6.45, 7) is 3.93. The topological polar surface area (TPSA) is 35.8 Å². The van der Waals surface area contributed by atoms with Gasteiger partial charge in [-0.15, -0.1) is 0 Å². The van der Waals surface area contributed by atoms with Crippen LogP contribution in [0.25, 0.3) is 0 Å². The lowest BCUT2D eigenvalue weighted by molar-refractivity contribution is -0.0738. The van der Waals surface area contributed by atoms with E-state index < -0.39 is 5.72 Å². The Labute approximate surface area is 135 Å². The van der Waals surface area contributed by atoms with E-state index in [9.17, 15) is 5.11 Å². The largest absolute Gasteiger partial charge is 0.366 e. The predicted molar refractivity (Wildman–Crippen MR) is 89.9 cm³/mol.